The van der Waals surface area contributed by atoms with Crippen molar-refractivity contribution in [2.24, 2.45) is 0 Å². The van der Waals surface area contributed by atoms with Gasteiger partial charge in [-0.3, -0.25) is 4.90 Å². The lowest BCUT2D eigenvalue weighted by atomic mass is 10.0. The number of para-hydroxylation sites is 2. The van der Waals surface area contributed by atoms with Crippen molar-refractivity contribution in [2.45, 2.75) is 20.8 Å². The van der Waals surface area contributed by atoms with E-state index in [0.29, 0.717) is 0 Å². The number of aryl methyl sites for hydroxylation is 3. The first-order valence-electron chi connectivity index (χ1n) is 9.16. The van der Waals surface area contributed by atoms with Crippen LogP contribution in [0.15, 0.2) is 66.9 Å². The number of nitrogens with zero attached hydrogens (tertiary/aromatic N) is 2. The van der Waals surface area contributed by atoms with Gasteiger partial charge in [0.2, 0.25) is 0 Å². The molecule has 0 saturated carbocycles. The van der Waals surface area contributed by atoms with Crippen molar-refractivity contribution in [2.75, 3.05) is 4.90 Å². The minimum atomic E-state index is 0.811. The maximum absolute atomic E-state index is 6.34. The molecule has 0 aliphatic carbocycles. The number of ether oxygens (including phenoxy) is 1. The molecule has 1 aliphatic heterocycles. The summed E-state index contributed by atoms with van der Waals surface area (Å²) >= 11 is 0. The first kappa shape index (κ1) is 15.9. The molecule has 0 spiro atoms. The zero-order chi connectivity index (χ0) is 18.5. The van der Waals surface area contributed by atoms with Crippen molar-refractivity contribution in [3.63, 3.8) is 0 Å². The standard InChI is InChI=1S/C24H20N2O/c1-15-12-16(2)22(17(3)13-15)26-20-10-6-7-11-21(20)27-23-19-9-5-4-8-18(19)14-25-24(23)26/h4-14H,1-3H3. The Morgan fingerprint density at radius 1 is 0.852 bits per heavy atom. The van der Waals surface area contributed by atoms with E-state index in [1.165, 1.54) is 22.4 Å². The van der Waals surface area contributed by atoms with Gasteiger partial charge in [0.15, 0.2) is 17.3 Å². The number of benzene rings is 3. The molecule has 0 saturated heterocycles. The largest absolute Gasteiger partial charge is 0.451 e. The molecule has 27 heavy (non-hydrogen) atoms. The molecule has 0 fully saturated rings. The molecule has 4 aromatic rings. The van der Waals surface area contributed by atoms with Gasteiger partial charge in [-0.05, 0) is 44.0 Å². The van der Waals surface area contributed by atoms with Crippen LogP contribution in [-0.4, -0.2) is 4.98 Å². The summed E-state index contributed by atoms with van der Waals surface area (Å²) in [4.78, 5) is 7.05. The second-order valence-electron chi connectivity index (χ2n) is 7.15. The highest BCUT2D eigenvalue weighted by Crippen LogP contribution is 2.52. The minimum absolute atomic E-state index is 0.811. The molecule has 3 nitrogen and oxygen atoms in total. The third-order valence-corrected chi connectivity index (χ3v) is 5.12. The van der Waals surface area contributed by atoms with Gasteiger partial charge in [-0.25, -0.2) is 4.98 Å². The molecular weight excluding hydrogens is 332 g/mol. The van der Waals surface area contributed by atoms with Gasteiger partial charge >= 0.3 is 0 Å². The van der Waals surface area contributed by atoms with Crippen molar-refractivity contribution >= 4 is 28.0 Å². The molecule has 0 atom stereocenters. The van der Waals surface area contributed by atoms with E-state index in [-0.39, 0.29) is 0 Å². The molecule has 0 N–H and O–H groups in total. The van der Waals surface area contributed by atoms with Crippen LogP contribution in [0.4, 0.5) is 17.2 Å². The predicted molar refractivity (Wildman–Crippen MR) is 111 cm³/mol. The smallest absolute Gasteiger partial charge is 0.182 e. The number of hydrogen-bond acceptors (Lipinski definition) is 3. The number of pyridine rings is 1. The van der Waals surface area contributed by atoms with Crippen LogP contribution < -0.4 is 9.64 Å². The molecular formula is C24H20N2O. The normalized spacial score (nSPS) is 12.5. The molecule has 5 rings (SSSR count). The highest BCUT2D eigenvalue weighted by Gasteiger charge is 2.30. The Balaban J connectivity index is 1.86. The summed E-state index contributed by atoms with van der Waals surface area (Å²) in [6, 6.07) is 20.8. The van der Waals surface area contributed by atoms with Crippen LogP contribution >= 0.6 is 0 Å². The first-order valence-corrected chi connectivity index (χ1v) is 9.16. The van der Waals surface area contributed by atoms with Crippen molar-refractivity contribution < 1.29 is 4.74 Å². The summed E-state index contributed by atoms with van der Waals surface area (Å²) in [5, 5.41) is 2.15. The van der Waals surface area contributed by atoms with E-state index in [0.717, 1.165) is 33.8 Å². The van der Waals surface area contributed by atoms with E-state index >= 15 is 0 Å². The molecule has 3 aromatic carbocycles. The highest BCUT2D eigenvalue weighted by atomic mass is 16.5. The Morgan fingerprint density at radius 2 is 1.56 bits per heavy atom. The number of rotatable bonds is 1. The van der Waals surface area contributed by atoms with E-state index < -0.39 is 0 Å². The Bertz CT molecular complexity index is 1170. The summed E-state index contributed by atoms with van der Waals surface area (Å²) in [6.45, 7) is 6.46. The monoisotopic (exact) mass is 352 g/mol. The molecule has 1 aliphatic rings. The average Bonchev–Trinajstić information content (AvgIpc) is 2.66. The van der Waals surface area contributed by atoms with Crippen molar-refractivity contribution in [3.8, 4) is 11.5 Å². The fourth-order valence-corrected chi connectivity index (χ4v) is 4.09. The van der Waals surface area contributed by atoms with E-state index in [4.69, 9.17) is 9.72 Å². The first-order chi connectivity index (χ1) is 13.1. The molecule has 0 unspecified atom stereocenters. The van der Waals surface area contributed by atoms with Gasteiger partial charge in [0.1, 0.15) is 0 Å². The van der Waals surface area contributed by atoms with Crippen molar-refractivity contribution in [1.29, 1.82) is 0 Å². The fourth-order valence-electron chi connectivity index (χ4n) is 4.09. The van der Waals surface area contributed by atoms with Crippen molar-refractivity contribution in [3.05, 3.63) is 83.6 Å². The maximum atomic E-state index is 6.34. The Labute approximate surface area is 158 Å². The predicted octanol–water partition coefficient (Wildman–Crippen LogP) is 6.74. The lowest BCUT2D eigenvalue weighted by Crippen LogP contribution is -2.19. The van der Waals surface area contributed by atoms with Gasteiger partial charge < -0.3 is 4.74 Å². The zero-order valence-corrected chi connectivity index (χ0v) is 15.7. The van der Waals surface area contributed by atoms with Gasteiger partial charge in [-0.1, -0.05) is 54.1 Å². The fraction of sp³-hybridized carbons (Fsp3) is 0.125. The number of hydrogen-bond donors (Lipinski definition) is 0. The van der Waals surface area contributed by atoms with Gasteiger partial charge in [0.05, 0.1) is 11.4 Å². The Hall–Kier alpha value is -3.33. The third-order valence-electron chi connectivity index (χ3n) is 5.12. The van der Waals surface area contributed by atoms with Crippen LogP contribution in [-0.2, 0) is 0 Å². The highest BCUT2D eigenvalue weighted by molar-refractivity contribution is 5.97. The van der Waals surface area contributed by atoms with Crippen LogP contribution in [0.2, 0.25) is 0 Å². The summed E-state index contributed by atoms with van der Waals surface area (Å²) in [5.74, 6) is 2.50. The molecule has 0 amide bonds. The van der Waals surface area contributed by atoms with Gasteiger partial charge in [-0.15, -0.1) is 0 Å². The van der Waals surface area contributed by atoms with Crippen molar-refractivity contribution in [1.82, 2.24) is 4.98 Å². The van der Waals surface area contributed by atoms with E-state index in [9.17, 15) is 0 Å². The lowest BCUT2D eigenvalue weighted by Gasteiger charge is -2.34. The molecule has 2 heterocycles. The molecule has 3 heteroatoms. The van der Waals surface area contributed by atoms with Crippen LogP contribution in [0, 0.1) is 20.8 Å². The van der Waals surface area contributed by atoms with E-state index in [1.807, 2.05) is 36.5 Å². The topological polar surface area (TPSA) is 25.4 Å². The van der Waals surface area contributed by atoms with Gasteiger partial charge in [-0.2, -0.15) is 0 Å². The summed E-state index contributed by atoms with van der Waals surface area (Å²) in [5.41, 5.74) is 5.90. The van der Waals surface area contributed by atoms with Crippen LogP contribution in [0.25, 0.3) is 10.8 Å². The summed E-state index contributed by atoms with van der Waals surface area (Å²) < 4.78 is 6.34. The van der Waals surface area contributed by atoms with Crippen LogP contribution in [0.1, 0.15) is 16.7 Å². The Kier molecular flexibility index (Phi) is 3.44. The minimum Gasteiger partial charge on any atom is -0.451 e. The van der Waals surface area contributed by atoms with E-state index in [2.05, 4.69) is 56.0 Å². The second-order valence-corrected chi connectivity index (χ2v) is 7.15. The number of anilines is 3. The van der Waals surface area contributed by atoms with Crippen LogP contribution in [0.5, 0.6) is 11.5 Å². The number of aromatic nitrogens is 1. The lowest BCUT2D eigenvalue weighted by molar-refractivity contribution is 0.480. The molecule has 0 radical (unpaired) electrons. The molecule has 0 bridgehead atoms. The Morgan fingerprint density at radius 3 is 2.37 bits per heavy atom. The average molecular weight is 352 g/mol. The molecule has 132 valence electrons. The SMILES string of the molecule is Cc1cc(C)c(N2c3ccccc3Oc3c2ncc2ccccc32)c(C)c1. The second kappa shape index (κ2) is 5.85. The van der Waals surface area contributed by atoms with Gasteiger partial charge in [0, 0.05) is 17.0 Å². The van der Waals surface area contributed by atoms with E-state index in [1.54, 1.807) is 0 Å². The summed E-state index contributed by atoms with van der Waals surface area (Å²) in [6.07, 6.45) is 1.93. The zero-order valence-electron chi connectivity index (χ0n) is 15.7. The van der Waals surface area contributed by atoms with Crippen LogP contribution in [0.3, 0.4) is 0 Å². The quantitative estimate of drug-likeness (QED) is 0.334. The third kappa shape index (κ3) is 2.39. The van der Waals surface area contributed by atoms with Gasteiger partial charge in [0.25, 0.3) is 0 Å². The summed E-state index contributed by atoms with van der Waals surface area (Å²) in [7, 11) is 0. The molecule has 1 aromatic heterocycles. The maximum Gasteiger partial charge on any atom is 0.182 e. The number of fused-ring (bicyclic) bond motifs is 4.